The maximum absolute atomic E-state index is 13.4. The Morgan fingerprint density at radius 1 is 1.11 bits per heavy atom. The highest BCUT2D eigenvalue weighted by Gasteiger charge is 2.45. The van der Waals surface area contributed by atoms with Crippen LogP contribution in [0, 0.1) is 24.7 Å². The molecule has 2 aromatic rings. The fourth-order valence-electron chi connectivity index (χ4n) is 5.26. The molecule has 5 heteroatoms. The van der Waals surface area contributed by atoms with Gasteiger partial charge in [-0.05, 0) is 81.0 Å². The first kappa shape index (κ1) is 19.6. The van der Waals surface area contributed by atoms with Crippen LogP contribution in [-0.4, -0.2) is 30.3 Å². The Morgan fingerprint density at radius 2 is 1.89 bits per heavy atom. The van der Waals surface area contributed by atoms with E-state index >= 15 is 0 Å². The number of benzene rings is 1. The Balaban J connectivity index is 1.61. The van der Waals surface area contributed by atoms with E-state index in [-0.39, 0.29) is 6.04 Å². The van der Waals surface area contributed by atoms with Crippen LogP contribution in [-0.2, 0) is 16.4 Å². The summed E-state index contributed by atoms with van der Waals surface area (Å²) in [6.07, 6.45) is 7.00. The summed E-state index contributed by atoms with van der Waals surface area (Å²) in [4.78, 5) is 4.96. The summed E-state index contributed by atoms with van der Waals surface area (Å²) in [6.45, 7) is 4.89. The average molecular weight is 399 g/mol. The van der Waals surface area contributed by atoms with Crippen molar-refractivity contribution in [2.24, 2.45) is 17.8 Å². The quantitative estimate of drug-likeness (QED) is 0.765. The first-order valence-electron chi connectivity index (χ1n) is 10.4. The third-order valence-electron chi connectivity index (χ3n) is 6.56. The minimum absolute atomic E-state index is 0.109. The number of rotatable bonds is 4. The molecule has 1 aliphatic carbocycles. The van der Waals surface area contributed by atoms with E-state index < -0.39 is 10.0 Å². The predicted molar refractivity (Wildman–Crippen MR) is 111 cm³/mol. The monoisotopic (exact) mass is 398 g/mol. The zero-order chi connectivity index (χ0) is 19.7. The molecule has 0 N–H and O–H groups in total. The van der Waals surface area contributed by atoms with Gasteiger partial charge < -0.3 is 0 Å². The molecule has 0 spiro atoms. The number of pyridine rings is 1. The summed E-state index contributed by atoms with van der Waals surface area (Å²) in [5.74, 6) is 1.45. The standard InChI is InChI=1S/C23H30N2O2S/c1-17-8-10-21(11-9-17)28(26,27)25-13-5-7-22-19(14-18(2)15-23(22)25)16-20-6-3-4-12-24-20/h3-4,6,8-12,18-19,22-23H,5,7,13-16H2,1-2H3/t18-,19+,22-,23+/m1/s1. The van der Waals surface area contributed by atoms with Gasteiger partial charge in [-0.3, -0.25) is 4.98 Å². The van der Waals surface area contributed by atoms with Gasteiger partial charge in [-0.1, -0.05) is 30.7 Å². The average Bonchev–Trinajstić information content (AvgIpc) is 2.68. The summed E-state index contributed by atoms with van der Waals surface area (Å²) in [5, 5.41) is 0. The minimum Gasteiger partial charge on any atom is -0.261 e. The SMILES string of the molecule is Cc1ccc(S(=O)(=O)N2CCC[C@@H]3[C@H](Cc4ccccn4)C[C@@H](C)C[C@@H]32)cc1. The van der Waals surface area contributed by atoms with Crippen molar-refractivity contribution in [3.8, 4) is 0 Å². The van der Waals surface area contributed by atoms with Gasteiger partial charge in [-0.25, -0.2) is 8.42 Å². The summed E-state index contributed by atoms with van der Waals surface area (Å²) in [6, 6.07) is 13.5. The second-order valence-electron chi connectivity index (χ2n) is 8.66. The van der Waals surface area contributed by atoms with Gasteiger partial charge in [0.25, 0.3) is 0 Å². The van der Waals surface area contributed by atoms with Crippen LogP contribution < -0.4 is 0 Å². The molecule has 4 rings (SSSR count). The minimum atomic E-state index is -3.45. The molecule has 2 fully saturated rings. The molecular formula is C23H30N2O2S. The van der Waals surface area contributed by atoms with Gasteiger partial charge in [0.2, 0.25) is 10.0 Å². The smallest absolute Gasteiger partial charge is 0.243 e. The Labute approximate surface area is 169 Å². The van der Waals surface area contributed by atoms with E-state index in [0.717, 1.165) is 43.4 Å². The fraction of sp³-hybridized carbons (Fsp3) is 0.522. The summed E-state index contributed by atoms with van der Waals surface area (Å²) in [7, 11) is -3.45. The first-order valence-corrected chi connectivity index (χ1v) is 11.9. The van der Waals surface area contributed by atoms with Crippen LogP contribution in [0.15, 0.2) is 53.6 Å². The number of aromatic nitrogens is 1. The lowest BCUT2D eigenvalue weighted by molar-refractivity contribution is 0.0531. The molecule has 1 aliphatic heterocycles. The number of piperidine rings is 1. The molecule has 2 aliphatic rings. The van der Waals surface area contributed by atoms with E-state index in [1.54, 1.807) is 12.1 Å². The molecule has 1 saturated carbocycles. The first-order chi connectivity index (χ1) is 13.4. The fourth-order valence-corrected chi connectivity index (χ4v) is 6.98. The number of aryl methyl sites for hydroxylation is 1. The molecule has 4 atom stereocenters. The van der Waals surface area contributed by atoms with Crippen molar-refractivity contribution in [2.45, 2.75) is 56.9 Å². The van der Waals surface area contributed by atoms with E-state index in [9.17, 15) is 8.42 Å². The van der Waals surface area contributed by atoms with Crippen LogP contribution in [0.5, 0.6) is 0 Å². The van der Waals surface area contributed by atoms with Crippen molar-refractivity contribution in [2.75, 3.05) is 6.54 Å². The number of fused-ring (bicyclic) bond motifs is 1. The van der Waals surface area contributed by atoms with Crippen molar-refractivity contribution in [3.05, 3.63) is 59.9 Å². The van der Waals surface area contributed by atoms with Gasteiger partial charge in [-0.15, -0.1) is 0 Å². The largest absolute Gasteiger partial charge is 0.261 e. The van der Waals surface area contributed by atoms with Crippen molar-refractivity contribution in [1.82, 2.24) is 9.29 Å². The Kier molecular flexibility index (Phi) is 5.57. The Bertz CT molecular complexity index is 896. The van der Waals surface area contributed by atoms with Crippen LogP contribution in [0.4, 0.5) is 0 Å². The van der Waals surface area contributed by atoms with Gasteiger partial charge in [0.05, 0.1) is 4.90 Å². The molecule has 150 valence electrons. The molecule has 0 radical (unpaired) electrons. The highest BCUT2D eigenvalue weighted by Crippen LogP contribution is 2.44. The second kappa shape index (κ2) is 7.96. The highest BCUT2D eigenvalue weighted by molar-refractivity contribution is 7.89. The van der Waals surface area contributed by atoms with Gasteiger partial charge in [0.15, 0.2) is 0 Å². The van der Waals surface area contributed by atoms with Gasteiger partial charge in [-0.2, -0.15) is 4.31 Å². The maximum atomic E-state index is 13.4. The molecule has 1 aromatic heterocycles. The van der Waals surface area contributed by atoms with Gasteiger partial charge in [0, 0.05) is 24.5 Å². The molecule has 2 heterocycles. The molecule has 1 saturated heterocycles. The van der Waals surface area contributed by atoms with Crippen molar-refractivity contribution in [3.63, 3.8) is 0 Å². The number of hydrogen-bond acceptors (Lipinski definition) is 3. The number of hydrogen-bond donors (Lipinski definition) is 0. The second-order valence-corrected chi connectivity index (χ2v) is 10.6. The van der Waals surface area contributed by atoms with Crippen molar-refractivity contribution < 1.29 is 8.42 Å². The van der Waals surface area contributed by atoms with E-state index in [2.05, 4.69) is 18.0 Å². The van der Waals surface area contributed by atoms with E-state index in [0.29, 0.717) is 29.2 Å². The van der Waals surface area contributed by atoms with Crippen LogP contribution in [0.2, 0.25) is 0 Å². The van der Waals surface area contributed by atoms with Crippen molar-refractivity contribution >= 4 is 10.0 Å². The molecule has 0 amide bonds. The molecule has 1 aromatic carbocycles. The lowest BCUT2D eigenvalue weighted by Gasteiger charge is -2.48. The Morgan fingerprint density at radius 3 is 2.61 bits per heavy atom. The molecule has 0 bridgehead atoms. The summed E-state index contributed by atoms with van der Waals surface area (Å²) >= 11 is 0. The van der Waals surface area contributed by atoms with Gasteiger partial charge >= 0.3 is 0 Å². The zero-order valence-electron chi connectivity index (χ0n) is 16.8. The normalized spacial score (nSPS) is 28.6. The molecule has 28 heavy (non-hydrogen) atoms. The lowest BCUT2D eigenvalue weighted by atomic mass is 9.67. The summed E-state index contributed by atoms with van der Waals surface area (Å²) < 4.78 is 28.7. The number of nitrogens with zero attached hydrogens (tertiary/aromatic N) is 2. The zero-order valence-corrected chi connectivity index (χ0v) is 17.6. The predicted octanol–water partition coefficient (Wildman–Crippen LogP) is 4.45. The third kappa shape index (κ3) is 3.87. The Hall–Kier alpha value is -1.72. The van der Waals surface area contributed by atoms with Gasteiger partial charge in [0.1, 0.15) is 0 Å². The van der Waals surface area contributed by atoms with Crippen molar-refractivity contribution in [1.29, 1.82) is 0 Å². The highest BCUT2D eigenvalue weighted by atomic mass is 32.2. The van der Waals surface area contributed by atoms with Crippen LogP contribution in [0.25, 0.3) is 0 Å². The topological polar surface area (TPSA) is 50.3 Å². The van der Waals surface area contributed by atoms with Crippen LogP contribution in [0.1, 0.15) is 43.9 Å². The van der Waals surface area contributed by atoms with E-state index in [4.69, 9.17) is 0 Å². The summed E-state index contributed by atoms with van der Waals surface area (Å²) in [5.41, 5.74) is 2.20. The maximum Gasteiger partial charge on any atom is 0.243 e. The lowest BCUT2D eigenvalue weighted by Crippen LogP contribution is -2.53. The third-order valence-corrected chi connectivity index (χ3v) is 8.50. The molecular weight excluding hydrogens is 368 g/mol. The number of sulfonamides is 1. The van der Waals surface area contributed by atoms with Crippen LogP contribution in [0.3, 0.4) is 0 Å². The van der Waals surface area contributed by atoms with Crippen LogP contribution >= 0.6 is 0 Å². The van der Waals surface area contributed by atoms with E-state index in [1.165, 1.54) is 0 Å². The molecule has 4 nitrogen and oxygen atoms in total. The molecule has 0 unspecified atom stereocenters. The van der Waals surface area contributed by atoms with E-state index in [1.807, 2.05) is 41.7 Å².